The molecule has 8 aromatic rings. The summed E-state index contributed by atoms with van der Waals surface area (Å²) in [5.74, 6) is 16.9. The van der Waals surface area contributed by atoms with Crippen LogP contribution < -0.4 is 16.4 Å². The summed E-state index contributed by atoms with van der Waals surface area (Å²) in [5, 5.41) is 50.3. The van der Waals surface area contributed by atoms with E-state index >= 15 is 0 Å². The van der Waals surface area contributed by atoms with Gasteiger partial charge in [0.05, 0.1) is 49.7 Å². The quantitative estimate of drug-likeness (QED) is 0.0304. The molecule has 0 saturated heterocycles. The lowest BCUT2D eigenvalue weighted by Gasteiger charge is -2.19. The molecular weight excluding hydrogens is 1310 g/mol. The highest BCUT2D eigenvalue weighted by Gasteiger charge is 2.27. The molecular formula is C76H72IN3O14. The summed E-state index contributed by atoms with van der Waals surface area (Å²) in [6, 6.07) is 62.4. The van der Waals surface area contributed by atoms with Crippen LogP contribution in [0.15, 0.2) is 218 Å². The second-order valence-corrected chi connectivity index (χ2v) is 21.0. The number of ether oxygens (including phenoxy) is 2. The minimum absolute atomic E-state index is 0.181. The number of aromatic carboxylic acids is 1. The van der Waals surface area contributed by atoms with Crippen LogP contribution in [-0.2, 0) is 23.9 Å². The van der Waals surface area contributed by atoms with Crippen LogP contribution in [0.3, 0.4) is 0 Å². The molecule has 2 amide bonds. The number of hydrogen-bond donors (Lipinski definition) is 8. The van der Waals surface area contributed by atoms with Crippen LogP contribution in [-0.4, -0.2) is 124 Å². The third kappa shape index (κ3) is 29.9. The number of benzene rings is 8. The summed E-state index contributed by atoms with van der Waals surface area (Å²) in [5.41, 5.74) is 12.7. The van der Waals surface area contributed by atoms with Gasteiger partial charge in [-0.05, 0) is 196 Å². The average molecular weight is 1380 g/mol. The summed E-state index contributed by atoms with van der Waals surface area (Å²) in [4.78, 5) is 79.4. The van der Waals surface area contributed by atoms with E-state index in [1.165, 1.54) is 41.9 Å². The Balaban J connectivity index is 0.000000311. The summed E-state index contributed by atoms with van der Waals surface area (Å²) in [6.07, 6.45) is 2.21. The molecule has 6 atom stereocenters. The van der Waals surface area contributed by atoms with Gasteiger partial charge in [0.15, 0.2) is 11.8 Å². The lowest BCUT2D eigenvalue weighted by molar-refractivity contribution is -0.145. The van der Waals surface area contributed by atoms with Crippen molar-refractivity contribution in [1.29, 1.82) is 0 Å². The zero-order chi connectivity index (χ0) is 69.4. The highest BCUT2D eigenvalue weighted by atomic mass is 127. The molecule has 0 saturated carbocycles. The number of aliphatic hydroxyl groups is 4. The highest BCUT2D eigenvalue weighted by Crippen LogP contribution is 2.11. The third-order valence-corrected chi connectivity index (χ3v) is 13.2. The van der Waals surface area contributed by atoms with Gasteiger partial charge in [0.1, 0.15) is 18.4 Å². The van der Waals surface area contributed by atoms with E-state index in [4.69, 9.17) is 27.5 Å². The van der Waals surface area contributed by atoms with Crippen LogP contribution >= 0.6 is 22.6 Å². The van der Waals surface area contributed by atoms with Crippen LogP contribution in [0.4, 0.5) is 0 Å². The van der Waals surface area contributed by atoms with Gasteiger partial charge in [-0.2, -0.15) is 0 Å². The predicted octanol–water partition coefficient (Wildman–Crippen LogP) is 8.68. The van der Waals surface area contributed by atoms with Gasteiger partial charge in [0.2, 0.25) is 0 Å². The van der Waals surface area contributed by atoms with E-state index in [0.717, 1.165) is 42.5 Å². The van der Waals surface area contributed by atoms with Crippen molar-refractivity contribution in [2.75, 3.05) is 20.8 Å². The van der Waals surface area contributed by atoms with E-state index in [9.17, 15) is 43.8 Å². The predicted molar refractivity (Wildman–Crippen MR) is 369 cm³/mol. The normalized spacial score (nSPS) is 11.5. The van der Waals surface area contributed by atoms with E-state index in [0.29, 0.717) is 16.7 Å². The molecule has 17 nitrogen and oxygen atoms in total. The first-order valence-electron chi connectivity index (χ1n) is 28.7. The smallest absolute Gasteiger partial charge is 0.337 e. The second kappa shape index (κ2) is 43.1. The number of methoxy groups -OCH3 is 2. The van der Waals surface area contributed by atoms with Gasteiger partial charge in [-0.3, -0.25) is 19.2 Å². The molecule has 8 aromatic carbocycles. The molecule has 0 spiro atoms. The number of esters is 2. The van der Waals surface area contributed by atoms with Crippen LogP contribution in [0.1, 0.15) is 108 Å². The van der Waals surface area contributed by atoms with Crippen LogP contribution in [0.25, 0.3) is 0 Å². The molecule has 0 aliphatic carbocycles. The molecule has 0 fully saturated rings. The molecule has 0 aliphatic rings. The number of carbonyl (C=O) groups excluding carboxylic acids is 6. The van der Waals surface area contributed by atoms with Crippen LogP contribution in [0, 0.1) is 51.4 Å². The van der Waals surface area contributed by atoms with Crippen molar-refractivity contribution in [3.05, 3.63) is 283 Å². The summed E-state index contributed by atoms with van der Waals surface area (Å²) < 4.78 is 10.2. The standard InChI is InChI=1S/2C20H19NO4.C15H10O2.C8H7IO2.C8H6.C5H11NO2/c1-14(22)18(20(24)25-2)21-19(23)17-12-10-16(11-13-17)9-8-15-6-4-3-5-7-15;1-14(23)19(18(24)13-22)21-20(25)17-11-9-16(10-12-17)8-7-15-5-3-2-4-6-15;16-15(17)14-10-8-13(9-11-14)7-6-12-4-2-1-3-5-12;1-11-8(10)6-2-4-7(9)5-3-6;1-2-8-6-4-3-5-7-8;1-3(7)5(6)4(2)8/h3-7,10-14,18,22H,1-2H3,(H,21,23);2-6,9-12,14,19,22-23H,13H2,1H3,(H,21,25);1-5,8-11H,(H,16,17);2-5H,1H3;1,3-7H;3,5,7H,6H2,1-2H3/t14-,18+;14-,19+;;;;3-,5+/m11...1/s1. The van der Waals surface area contributed by atoms with Crippen LogP contribution in [0.2, 0.25) is 0 Å². The summed E-state index contributed by atoms with van der Waals surface area (Å²) >= 11 is 2.18. The number of aliphatic hydroxyl groups excluding tert-OH is 4. The van der Waals surface area contributed by atoms with Crippen molar-refractivity contribution in [3.8, 4) is 47.9 Å². The number of halogens is 1. The topological polar surface area (TPSA) is 289 Å². The van der Waals surface area contributed by atoms with Gasteiger partial charge in [-0.25, -0.2) is 14.4 Å². The number of terminal acetylenes is 1. The molecule has 0 heterocycles. The molecule has 8 rings (SSSR count). The molecule has 0 aromatic heterocycles. The average Bonchev–Trinajstić information content (AvgIpc) is 1.03. The van der Waals surface area contributed by atoms with E-state index in [1.807, 2.05) is 133 Å². The molecule has 94 heavy (non-hydrogen) atoms. The van der Waals surface area contributed by atoms with E-state index < -0.39 is 72.6 Å². The minimum atomic E-state index is -1.14. The number of nitrogens with two attached hydrogens (primary N) is 1. The van der Waals surface area contributed by atoms with E-state index in [-0.39, 0.29) is 17.3 Å². The fourth-order valence-electron chi connectivity index (χ4n) is 7.20. The van der Waals surface area contributed by atoms with Crippen molar-refractivity contribution in [2.45, 2.75) is 64.1 Å². The Labute approximate surface area is 561 Å². The van der Waals surface area contributed by atoms with Crippen molar-refractivity contribution in [3.63, 3.8) is 0 Å². The minimum Gasteiger partial charge on any atom is -0.478 e. The zero-order valence-corrected chi connectivity index (χ0v) is 54.6. The third-order valence-electron chi connectivity index (χ3n) is 12.5. The number of nitrogens with one attached hydrogen (secondary N) is 2. The fourth-order valence-corrected chi connectivity index (χ4v) is 7.56. The summed E-state index contributed by atoms with van der Waals surface area (Å²) in [7, 11) is 2.57. The number of hydrogen-bond acceptors (Lipinski definition) is 14. The Morgan fingerprint density at radius 3 is 1.02 bits per heavy atom. The number of carboxylic acid groups (broad SMARTS) is 1. The zero-order valence-electron chi connectivity index (χ0n) is 52.4. The Hall–Kier alpha value is -10.8. The largest absolute Gasteiger partial charge is 0.478 e. The summed E-state index contributed by atoms with van der Waals surface area (Å²) in [6.45, 7) is 4.89. The Morgan fingerprint density at radius 1 is 0.457 bits per heavy atom. The van der Waals surface area contributed by atoms with Crippen molar-refractivity contribution in [2.24, 2.45) is 5.73 Å². The molecule has 18 heteroatoms. The van der Waals surface area contributed by atoms with Gasteiger partial charge < -0.3 is 51.4 Å². The first-order valence-corrected chi connectivity index (χ1v) is 29.8. The van der Waals surface area contributed by atoms with Gasteiger partial charge in [-0.1, -0.05) is 114 Å². The number of Topliss-reactive ketones (excluding diaryl/α,β-unsaturated/α-hetero) is 2. The first-order chi connectivity index (χ1) is 45.0. The maximum atomic E-state index is 12.2. The molecule has 9 N–H and O–H groups in total. The van der Waals surface area contributed by atoms with Gasteiger partial charge in [0, 0.05) is 53.6 Å². The first kappa shape index (κ1) is 77.5. The molecule has 0 radical (unpaired) electrons. The monoisotopic (exact) mass is 1380 g/mol. The van der Waals surface area contributed by atoms with Crippen molar-refractivity contribution < 1.29 is 68.6 Å². The second-order valence-electron chi connectivity index (χ2n) is 19.8. The number of carbonyl (C=O) groups is 7. The number of rotatable bonds is 13. The lowest BCUT2D eigenvalue weighted by atomic mass is 10.1. The Morgan fingerprint density at radius 2 is 0.766 bits per heavy atom. The Bertz CT molecular complexity index is 3780. The molecule has 0 unspecified atom stereocenters. The van der Waals surface area contributed by atoms with Gasteiger partial charge in [-0.15, -0.1) is 6.42 Å². The number of ketones is 2. The SMILES string of the molecule is C#Cc1ccccc1.CC(=O)[C@@H](N)[C@@H](C)O.COC(=O)[C@@H](NC(=O)c1ccc(C#Cc2ccccc2)cc1)[C@@H](C)O.COC(=O)c1ccc(I)cc1.C[C@@H](O)[C@H](NC(=O)c1ccc(C#Cc2ccccc2)cc1)C(=O)CO.O=C(O)c1ccc(C#Cc2ccccc2)cc1. The van der Waals surface area contributed by atoms with Crippen LogP contribution in [0.5, 0.6) is 0 Å². The Kier molecular flexibility index (Phi) is 35.5. The molecule has 0 aliphatic heterocycles. The van der Waals surface area contributed by atoms with E-state index in [1.54, 1.807) is 84.9 Å². The maximum absolute atomic E-state index is 12.2. The fraction of sp³-hybridized carbons (Fsp3) is 0.171. The lowest BCUT2D eigenvalue weighted by Crippen LogP contribution is -2.48. The van der Waals surface area contributed by atoms with Crippen molar-refractivity contribution in [1.82, 2.24) is 10.6 Å². The van der Waals surface area contributed by atoms with Gasteiger partial charge >= 0.3 is 17.9 Å². The highest BCUT2D eigenvalue weighted by molar-refractivity contribution is 14.1. The van der Waals surface area contributed by atoms with Crippen molar-refractivity contribution >= 4 is 63.9 Å². The number of amides is 2. The van der Waals surface area contributed by atoms with E-state index in [2.05, 4.69) is 84.1 Å². The maximum Gasteiger partial charge on any atom is 0.337 e. The molecule has 0 bridgehead atoms. The van der Waals surface area contributed by atoms with Gasteiger partial charge in [0.25, 0.3) is 11.8 Å². The molecule has 482 valence electrons. The number of carboxylic acids is 1.